The van der Waals surface area contributed by atoms with Gasteiger partial charge in [0.05, 0.1) is 6.61 Å². The zero-order valence-electron chi connectivity index (χ0n) is 13.2. The maximum atomic E-state index is 6.00. The van der Waals surface area contributed by atoms with E-state index in [2.05, 4.69) is 14.9 Å². The Labute approximate surface area is 145 Å². The Morgan fingerprint density at radius 2 is 1.96 bits per heavy atom. The number of nitrogens with zero attached hydrogens (tertiary/aromatic N) is 3. The average Bonchev–Trinajstić information content (AvgIpc) is 3.04. The van der Waals surface area contributed by atoms with Crippen LogP contribution in [0.15, 0.2) is 47.1 Å². The van der Waals surface area contributed by atoms with Gasteiger partial charge in [-0.05, 0) is 43.0 Å². The molecule has 0 atom stereocenters. The molecule has 1 aliphatic heterocycles. The number of fused-ring (bicyclic) bond motifs is 1. The summed E-state index contributed by atoms with van der Waals surface area (Å²) in [6.07, 6.45) is 5.62. The van der Waals surface area contributed by atoms with Crippen LogP contribution in [0.2, 0.25) is 5.02 Å². The normalized spacial score (nSPS) is 15.8. The summed E-state index contributed by atoms with van der Waals surface area (Å²) >= 11 is 6.00. The van der Waals surface area contributed by atoms with Crippen LogP contribution in [0.3, 0.4) is 0 Å². The van der Waals surface area contributed by atoms with Gasteiger partial charge < -0.3 is 14.1 Å². The van der Waals surface area contributed by atoms with Crippen LogP contribution in [0.5, 0.6) is 5.75 Å². The van der Waals surface area contributed by atoms with Crippen molar-refractivity contribution in [3.8, 4) is 5.75 Å². The zero-order chi connectivity index (χ0) is 16.4. The lowest BCUT2D eigenvalue weighted by Crippen LogP contribution is -2.35. The summed E-state index contributed by atoms with van der Waals surface area (Å²) in [6, 6.07) is 9.99. The minimum absolute atomic E-state index is 0.549. The Bertz CT molecular complexity index is 814. The molecule has 1 aromatic carbocycles. The minimum Gasteiger partial charge on any atom is -0.493 e. The molecule has 5 nitrogen and oxygen atoms in total. The Balaban J connectivity index is 1.35. The first-order valence-electron chi connectivity index (χ1n) is 8.12. The van der Waals surface area contributed by atoms with Gasteiger partial charge in [0.15, 0.2) is 5.58 Å². The first kappa shape index (κ1) is 15.3. The molecule has 2 aromatic heterocycles. The van der Waals surface area contributed by atoms with Gasteiger partial charge in [0, 0.05) is 36.6 Å². The van der Waals surface area contributed by atoms with Gasteiger partial charge in [-0.15, -0.1) is 0 Å². The highest BCUT2D eigenvalue weighted by molar-refractivity contribution is 6.31. The van der Waals surface area contributed by atoms with Crippen LogP contribution in [-0.2, 0) is 0 Å². The maximum Gasteiger partial charge on any atom is 0.298 e. The van der Waals surface area contributed by atoms with E-state index in [1.165, 1.54) is 0 Å². The number of aromatic nitrogens is 2. The molecule has 0 N–H and O–H groups in total. The fourth-order valence-corrected chi connectivity index (χ4v) is 3.12. The van der Waals surface area contributed by atoms with Gasteiger partial charge in [-0.25, -0.2) is 0 Å². The number of halogens is 1. The lowest BCUT2D eigenvalue weighted by atomic mass is 9.98. The number of benzene rings is 1. The molecule has 1 aliphatic rings. The summed E-state index contributed by atoms with van der Waals surface area (Å²) in [7, 11) is 0. The summed E-state index contributed by atoms with van der Waals surface area (Å²) in [5.74, 6) is 1.43. The highest BCUT2D eigenvalue weighted by Gasteiger charge is 2.23. The van der Waals surface area contributed by atoms with E-state index in [0.29, 0.717) is 17.0 Å². The van der Waals surface area contributed by atoms with Crippen LogP contribution in [0.4, 0.5) is 6.01 Å². The molecule has 24 heavy (non-hydrogen) atoms. The summed E-state index contributed by atoms with van der Waals surface area (Å²) in [4.78, 5) is 10.7. The van der Waals surface area contributed by atoms with E-state index in [4.69, 9.17) is 20.8 Å². The van der Waals surface area contributed by atoms with Crippen molar-refractivity contribution in [2.24, 2.45) is 5.92 Å². The summed E-state index contributed by atoms with van der Waals surface area (Å²) in [5.41, 5.74) is 1.58. The quantitative estimate of drug-likeness (QED) is 0.711. The minimum atomic E-state index is 0.549. The molecule has 124 valence electrons. The van der Waals surface area contributed by atoms with Crippen LogP contribution in [0.25, 0.3) is 11.1 Å². The van der Waals surface area contributed by atoms with Crippen molar-refractivity contribution in [2.75, 3.05) is 24.6 Å². The Hall–Kier alpha value is -2.27. The maximum absolute atomic E-state index is 6.00. The average molecular weight is 344 g/mol. The van der Waals surface area contributed by atoms with E-state index in [-0.39, 0.29) is 0 Å². The van der Waals surface area contributed by atoms with Crippen LogP contribution in [-0.4, -0.2) is 29.7 Å². The van der Waals surface area contributed by atoms with Crippen molar-refractivity contribution < 1.29 is 9.15 Å². The molecule has 1 fully saturated rings. The molecule has 0 amide bonds. The third kappa shape index (κ3) is 3.31. The van der Waals surface area contributed by atoms with E-state index in [0.717, 1.165) is 49.4 Å². The number of hydrogen-bond acceptors (Lipinski definition) is 5. The first-order valence-corrected chi connectivity index (χ1v) is 8.49. The highest BCUT2D eigenvalue weighted by Crippen LogP contribution is 2.28. The molecule has 1 saturated heterocycles. The number of hydrogen-bond donors (Lipinski definition) is 0. The Kier molecular flexibility index (Phi) is 4.26. The van der Waals surface area contributed by atoms with Gasteiger partial charge in [0.2, 0.25) is 0 Å². The number of pyridine rings is 1. The predicted molar refractivity (Wildman–Crippen MR) is 93.7 cm³/mol. The smallest absolute Gasteiger partial charge is 0.298 e. The second-order valence-electron chi connectivity index (χ2n) is 6.03. The molecule has 0 radical (unpaired) electrons. The van der Waals surface area contributed by atoms with Gasteiger partial charge >= 0.3 is 0 Å². The number of anilines is 1. The molecule has 4 rings (SSSR count). The van der Waals surface area contributed by atoms with Crippen LogP contribution < -0.4 is 9.64 Å². The second kappa shape index (κ2) is 6.69. The van der Waals surface area contributed by atoms with Gasteiger partial charge in [-0.3, -0.25) is 4.98 Å². The molecular weight excluding hydrogens is 326 g/mol. The molecule has 0 unspecified atom stereocenters. The van der Waals surface area contributed by atoms with Crippen molar-refractivity contribution in [2.45, 2.75) is 12.8 Å². The topological polar surface area (TPSA) is 51.4 Å². The first-order chi connectivity index (χ1) is 11.8. The fourth-order valence-electron chi connectivity index (χ4n) is 2.96. The number of ether oxygens (including phenoxy) is 1. The Morgan fingerprint density at radius 3 is 2.75 bits per heavy atom. The summed E-state index contributed by atoms with van der Waals surface area (Å²) in [6.45, 7) is 2.58. The number of piperidine rings is 1. The van der Waals surface area contributed by atoms with E-state index >= 15 is 0 Å². The van der Waals surface area contributed by atoms with E-state index < -0.39 is 0 Å². The lowest BCUT2D eigenvalue weighted by Gasteiger charge is -2.30. The van der Waals surface area contributed by atoms with Crippen molar-refractivity contribution in [1.29, 1.82) is 0 Å². The van der Waals surface area contributed by atoms with Crippen LogP contribution in [0, 0.1) is 5.92 Å². The number of rotatable bonds is 4. The molecule has 0 aliphatic carbocycles. The number of oxazole rings is 1. The highest BCUT2D eigenvalue weighted by atomic mass is 35.5. The molecule has 3 heterocycles. The zero-order valence-corrected chi connectivity index (χ0v) is 13.9. The summed E-state index contributed by atoms with van der Waals surface area (Å²) < 4.78 is 11.7. The molecule has 3 aromatic rings. The summed E-state index contributed by atoms with van der Waals surface area (Å²) in [5, 5.41) is 0.664. The van der Waals surface area contributed by atoms with Crippen molar-refractivity contribution in [3.63, 3.8) is 0 Å². The largest absolute Gasteiger partial charge is 0.493 e. The monoisotopic (exact) mass is 343 g/mol. The van der Waals surface area contributed by atoms with Gasteiger partial charge in [-0.2, -0.15) is 4.98 Å². The molecule has 0 spiro atoms. The SMILES string of the molecule is Clc1ccc2nc(N3CCC(COc4ccncc4)CC3)oc2c1. The van der Waals surface area contributed by atoms with Gasteiger partial charge in [-0.1, -0.05) is 11.6 Å². The van der Waals surface area contributed by atoms with Crippen LogP contribution in [0.1, 0.15) is 12.8 Å². The third-order valence-electron chi connectivity index (χ3n) is 4.36. The molecule has 0 bridgehead atoms. The third-order valence-corrected chi connectivity index (χ3v) is 4.59. The Morgan fingerprint density at radius 1 is 1.17 bits per heavy atom. The van der Waals surface area contributed by atoms with Crippen molar-refractivity contribution >= 4 is 28.7 Å². The van der Waals surface area contributed by atoms with Gasteiger partial charge in [0.1, 0.15) is 11.3 Å². The fraction of sp³-hybridized carbons (Fsp3) is 0.333. The predicted octanol–water partition coefficient (Wildman–Crippen LogP) is 4.17. The molecule has 0 saturated carbocycles. The van der Waals surface area contributed by atoms with E-state index in [9.17, 15) is 0 Å². The van der Waals surface area contributed by atoms with Crippen molar-refractivity contribution in [1.82, 2.24) is 9.97 Å². The van der Waals surface area contributed by atoms with Gasteiger partial charge in [0.25, 0.3) is 6.01 Å². The second-order valence-corrected chi connectivity index (χ2v) is 6.47. The van der Waals surface area contributed by atoms with Crippen LogP contribution >= 0.6 is 11.6 Å². The van der Waals surface area contributed by atoms with E-state index in [1.54, 1.807) is 12.4 Å². The van der Waals surface area contributed by atoms with E-state index in [1.807, 2.05) is 30.3 Å². The van der Waals surface area contributed by atoms with Crippen molar-refractivity contribution in [3.05, 3.63) is 47.7 Å². The standard InChI is InChI=1S/C18H18ClN3O2/c19-14-1-2-16-17(11-14)24-18(21-16)22-9-5-13(6-10-22)12-23-15-3-7-20-8-4-15/h1-4,7-8,11,13H,5-6,9-10,12H2. The lowest BCUT2D eigenvalue weighted by molar-refractivity contribution is 0.221. The molecule has 6 heteroatoms. The molecular formula is C18H18ClN3O2.